The highest BCUT2D eigenvalue weighted by Gasteiger charge is 2.32. The smallest absolute Gasteiger partial charge is 0.356 e. The zero-order valence-electron chi connectivity index (χ0n) is 12.3. The first kappa shape index (κ1) is 15.4. The molecular weight excluding hydrogens is 301 g/mol. The van der Waals surface area contributed by atoms with Crippen molar-refractivity contribution in [3.8, 4) is 0 Å². The van der Waals surface area contributed by atoms with Crippen LogP contribution in [0.5, 0.6) is 0 Å². The van der Waals surface area contributed by atoms with Gasteiger partial charge in [0.15, 0.2) is 11.5 Å². The van der Waals surface area contributed by atoms with Gasteiger partial charge in [-0.2, -0.15) is 0 Å². The van der Waals surface area contributed by atoms with E-state index < -0.39 is 12.1 Å². The number of carbonyl (C=O) groups is 1. The van der Waals surface area contributed by atoms with E-state index in [2.05, 4.69) is 10.2 Å². The van der Waals surface area contributed by atoms with E-state index in [1.165, 1.54) is 18.2 Å². The van der Waals surface area contributed by atoms with Crippen LogP contribution in [0, 0.1) is 5.82 Å². The largest absolute Gasteiger partial charge is 0.476 e. The number of benzene rings is 1. The minimum Gasteiger partial charge on any atom is -0.476 e. The lowest BCUT2D eigenvalue weighted by Crippen LogP contribution is -2.31. The van der Waals surface area contributed by atoms with Crippen molar-refractivity contribution in [3.05, 3.63) is 53.5 Å². The molecule has 120 valence electrons. The summed E-state index contributed by atoms with van der Waals surface area (Å²) in [6.45, 7) is 0.289. The molecule has 0 radical (unpaired) electrons. The van der Waals surface area contributed by atoms with Crippen LogP contribution in [0.3, 0.4) is 0 Å². The van der Waals surface area contributed by atoms with Gasteiger partial charge in [-0.1, -0.05) is 12.1 Å². The summed E-state index contributed by atoms with van der Waals surface area (Å²) in [6.07, 6.45) is 1.17. The minimum absolute atomic E-state index is 0.122. The molecule has 1 unspecified atom stereocenters. The van der Waals surface area contributed by atoms with Crippen LogP contribution < -0.4 is 4.90 Å². The normalized spacial score (nSPS) is 15.2. The molecule has 0 spiro atoms. The predicted molar refractivity (Wildman–Crippen MR) is 80.7 cm³/mol. The lowest BCUT2D eigenvalue weighted by molar-refractivity contribution is 0.0689. The van der Waals surface area contributed by atoms with Crippen LogP contribution in [0.4, 0.5) is 10.2 Å². The summed E-state index contributed by atoms with van der Waals surface area (Å²) >= 11 is 0. The molecule has 0 saturated heterocycles. The summed E-state index contributed by atoms with van der Waals surface area (Å²) in [6, 6.07) is 8.95. The van der Waals surface area contributed by atoms with Crippen LogP contribution in [-0.4, -0.2) is 39.0 Å². The summed E-state index contributed by atoms with van der Waals surface area (Å²) in [5, 5.41) is 26.8. The van der Waals surface area contributed by atoms with E-state index >= 15 is 0 Å². The lowest BCUT2D eigenvalue weighted by atomic mass is 10.1. The monoisotopic (exact) mass is 317 g/mol. The summed E-state index contributed by atoms with van der Waals surface area (Å²) in [4.78, 5) is 12.7. The molecule has 1 atom stereocenters. The molecule has 23 heavy (non-hydrogen) atoms. The molecule has 0 aliphatic heterocycles. The maximum Gasteiger partial charge on any atom is 0.356 e. The summed E-state index contributed by atoms with van der Waals surface area (Å²) in [7, 11) is 0. The van der Waals surface area contributed by atoms with Gasteiger partial charge in [0.2, 0.25) is 0 Å². The molecule has 1 aromatic heterocycles. The van der Waals surface area contributed by atoms with Crippen LogP contribution in [0.15, 0.2) is 36.4 Å². The Hall–Kier alpha value is -2.54. The number of hydrogen-bond donors (Lipinski definition) is 2. The van der Waals surface area contributed by atoms with E-state index in [0.717, 1.165) is 12.8 Å². The molecule has 6 nitrogen and oxygen atoms in total. The Balaban J connectivity index is 1.76. The summed E-state index contributed by atoms with van der Waals surface area (Å²) in [5.41, 5.74) is 0.496. The first-order valence-electron chi connectivity index (χ1n) is 7.32. The van der Waals surface area contributed by atoms with Crippen molar-refractivity contribution in [2.24, 2.45) is 0 Å². The average Bonchev–Trinajstić information content (AvgIpc) is 3.38. The van der Waals surface area contributed by atoms with Crippen molar-refractivity contribution in [2.45, 2.75) is 25.0 Å². The number of aliphatic hydroxyl groups excluding tert-OH is 1. The Morgan fingerprint density at radius 2 is 1.91 bits per heavy atom. The van der Waals surface area contributed by atoms with Gasteiger partial charge in [-0.05, 0) is 42.7 Å². The molecular formula is C16H16FN3O3. The van der Waals surface area contributed by atoms with Crippen molar-refractivity contribution in [2.75, 3.05) is 11.4 Å². The zero-order valence-corrected chi connectivity index (χ0v) is 12.3. The van der Waals surface area contributed by atoms with Gasteiger partial charge >= 0.3 is 5.97 Å². The Morgan fingerprint density at radius 3 is 2.43 bits per heavy atom. The third-order valence-corrected chi connectivity index (χ3v) is 3.78. The lowest BCUT2D eigenvalue weighted by Gasteiger charge is -2.26. The Morgan fingerprint density at radius 1 is 1.22 bits per heavy atom. The van der Waals surface area contributed by atoms with Gasteiger partial charge in [-0.3, -0.25) is 0 Å². The van der Waals surface area contributed by atoms with Gasteiger partial charge in [-0.25, -0.2) is 9.18 Å². The van der Waals surface area contributed by atoms with Crippen molar-refractivity contribution in [3.63, 3.8) is 0 Å². The number of halogens is 1. The van der Waals surface area contributed by atoms with Gasteiger partial charge in [0, 0.05) is 12.6 Å². The summed E-state index contributed by atoms with van der Waals surface area (Å²) in [5.74, 6) is -0.956. The molecule has 1 aromatic carbocycles. The Kier molecular flexibility index (Phi) is 4.20. The number of nitrogens with zero attached hydrogens (tertiary/aromatic N) is 3. The van der Waals surface area contributed by atoms with Gasteiger partial charge in [-0.15, -0.1) is 10.2 Å². The quantitative estimate of drug-likeness (QED) is 0.847. The fourth-order valence-electron chi connectivity index (χ4n) is 2.38. The van der Waals surface area contributed by atoms with E-state index in [9.17, 15) is 14.3 Å². The maximum absolute atomic E-state index is 13.0. The van der Waals surface area contributed by atoms with Crippen LogP contribution in [0.25, 0.3) is 0 Å². The number of aromatic carboxylic acids is 1. The molecule has 7 heteroatoms. The second-order valence-electron chi connectivity index (χ2n) is 5.53. The van der Waals surface area contributed by atoms with Gasteiger partial charge in [0.25, 0.3) is 0 Å². The average molecular weight is 317 g/mol. The van der Waals surface area contributed by atoms with Gasteiger partial charge in [0.05, 0.1) is 6.10 Å². The van der Waals surface area contributed by atoms with Crippen molar-refractivity contribution < 1.29 is 19.4 Å². The number of rotatable bonds is 6. The standard InChI is InChI=1S/C16H16FN3O3/c17-11-3-1-10(2-4-11)14(21)9-20(12-5-6-12)15-8-7-13(16(22)23)18-19-15/h1-4,7-8,12,14,21H,5-6,9H2,(H,22,23). The molecule has 2 N–H and O–H groups in total. The Bertz CT molecular complexity index is 687. The van der Waals surface area contributed by atoms with Crippen molar-refractivity contribution >= 4 is 11.8 Å². The topological polar surface area (TPSA) is 86.5 Å². The zero-order chi connectivity index (χ0) is 16.4. The fraction of sp³-hybridized carbons (Fsp3) is 0.312. The first-order chi connectivity index (χ1) is 11.0. The highest BCUT2D eigenvalue weighted by molar-refractivity contribution is 5.85. The predicted octanol–water partition coefficient (Wildman–Crippen LogP) is 2.02. The Labute approximate surface area is 132 Å². The number of aliphatic hydroxyl groups is 1. The third kappa shape index (κ3) is 3.62. The molecule has 2 aromatic rings. The van der Waals surface area contributed by atoms with Gasteiger partial charge < -0.3 is 15.1 Å². The number of aromatic nitrogens is 2. The van der Waals surface area contributed by atoms with Crippen LogP contribution in [0.1, 0.15) is 35.0 Å². The maximum atomic E-state index is 13.0. The second kappa shape index (κ2) is 6.29. The van der Waals surface area contributed by atoms with E-state index in [0.29, 0.717) is 11.4 Å². The van der Waals surface area contributed by atoms with Crippen molar-refractivity contribution in [1.82, 2.24) is 10.2 Å². The molecule has 0 bridgehead atoms. The molecule has 1 aliphatic rings. The molecule has 1 saturated carbocycles. The van der Waals surface area contributed by atoms with Crippen LogP contribution >= 0.6 is 0 Å². The number of hydrogen-bond acceptors (Lipinski definition) is 5. The molecule has 1 fully saturated rings. The van der Waals surface area contributed by atoms with E-state index in [1.54, 1.807) is 18.2 Å². The summed E-state index contributed by atoms with van der Waals surface area (Å²) < 4.78 is 13.0. The van der Waals surface area contributed by atoms with Crippen molar-refractivity contribution in [1.29, 1.82) is 0 Å². The van der Waals surface area contributed by atoms with Gasteiger partial charge in [0.1, 0.15) is 5.82 Å². The van der Waals surface area contributed by atoms with Crippen LogP contribution in [0.2, 0.25) is 0 Å². The molecule has 1 aliphatic carbocycles. The van der Waals surface area contributed by atoms with Crippen LogP contribution in [-0.2, 0) is 0 Å². The molecule has 1 heterocycles. The highest BCUT2D eigenvalue weighted by atomic mass is 19.1. The van der Waals surface area contributed by atoms with E-state index in [4.69, 9.17) is 5.11 Å². The molecule has 3 rings (SSSR count). The third-order valence-electron chi connectivity index (χ3n) is 3.78. The number of carboxylic acids is 1. The first-order valence-corrected chi connectivity index (χ1v) is 7.32. The fourth-order valence-corrected chi connectivity index (χ4v) is 2.38. The minimum atomic E-state index is -1.13. The number of anilines is 1. The number of carboxylic acid groups (broad SMARTS) is 1. The van der Waals surface area contributed by atoms with E-state index in [-0.39, 0.29) is 24.1 Å². The SMILES string of the molecule is O=C(O)c1ccc(N(CC(O)c2ccc(F)cc2)C2CC2)nn1. The molecule has 0 amide bonds. The van der Waals surface area contributed by atoms with E-state index in [1.807, 2.05) is 4.90 Å². The highest BCUT2D eigenvalue weighted by Crippen LogP contribution is 2.32. The second-order valence-corrected chi connectivity index (χ2v) is 5.53.